The number of para-hydroxylation sites is 2. The van der Waals surface area contributed by atoms with Crippen molar-refractivity contribution in [3.8, 4) is 0 Å². The molecule has 0 aliphatic carbocycles. The van der Waals surface area contributed by atoms with Gasteiger partial charge in [0, 0.05) is 6.20 Å². The first-order chi connectivity index (χ1) is 11.6. The van der Waals surface area contributed by atoms with Gasteiger partial charge in [0.05, 0.1) is 17.2 Å². The van der Waals surface area contributed by atoms with Crippen molar-refractivity contribution in [2.75, 3.05) is 5.32 Å². The number of amides is 1. The number of hydrogen-bond acceptors (Lipinski definition) is 6. The van der Waals surface area contributed by atoms with Gasteiger partial charge in [0.25, 0.3) is 5.91 Å². The van der Waals surface area contributed by atoms with E-state index in [2.05, 4.69) is 20.3 Å². The zero-order valence-electron chi connectivity index (χ0n) is 12.8. The normalized spacial score (nSPS) is 11.7. The number of rotatable bonds is 4. The largest absolute Gasteiger partial charge is 0.448 e. The molecule has 3 aromatic rings. The zero-order chi connectivity index (χ0) is 16.9. The lowest BCUT2D eigenvalue weighted by atomic mass is 10.3. The summed E-state index contributed by atoms with van der Waals surface area (Å²) in [5, 5.41) is 2.56. The molecule has 1 N–H and O–H groups in total. The van der Waals surface area contributed by atoms with Crippen molar-refractivity contribution >= 4 is 28.7 Å². The SMILES string of the molecule is CC(OC(=O)c1cnc2ccccc2n1)C(=O)Nc1ccccn1. The highest BCUT2D eigenvalue weighted by Crippen LogP contribution is 2.10. The fourth-order valence-corrected chi connectivity index (χ4v) is 1.99. The third kappa shape index (κ3) is 3.52. The minimum absolute atomic E-state index is 0.0474. The average molecular weight is 322 g/mol. The van der Waals surface area contributed by atoms with Crippen LogP contribution in [0.3, 0.4) is 0 Å². The van der Waals surface area contributed by atoms with Gasteiger partial charge in [-0.2, -0.15) is 0 Å². The molecule has 7 nitrogen and oxygen atoms in total. The minimum Gasteiger partial charge on any atom is -0.448 e. The molecule has 0 bridgehead atoms. The molecule has 7 heteroatoms. The first-order valence-corrected chi connectivity index (χ1v) is 7.28. The summed E-state index contributed by atoms with van der Waals surface area (Å²) in [6.07, 6.45) is 1.89. The molecule has 0 radical (unpaired) electrons. The number of pyridine rings is 1. The molecule has 1 aromatic carbocycles. The highest BCUT2D eigenvalue weighted by Gasteiger charge is 2.20. The van der Waals surface area contributed by atoms with Gasteiger partial charge in [-0.3, -0.25) is 9.78 Å². The number of benzene rings is 1. The third-order valence-electron chi connectivity index (χ3n) is 3.23. The highest BCUT2D eigenvalue weighted by atomic mass is 16.5. The van der Waals surface area contributed by atoms with Crippen LogP contribution in [-0.4, -0.2) is 32.9 Å². The van der Waals surface area contributed by atoms with Gasteiger partial charge in [0.2, 0.25) is 0 Å². The van der Waals surface area contributed by atoms with E-state index >= 15 is 0 Å². The van der Waals surface area contributed by atoms with Crippen molar-refractivity contribution in [1.29, 1.82) is 0 Å². The molecule has 24 heavy (non-hydrogen) atoms. The van der Waals surface area contributed by atoms with Crippen LogP contribution >= 0.6 is 0 Å². The Morgan fingerprint density at radius 3 is 2.54 bits per heavy atom. The van der Waals surface area contributed by atoms with Gasteiger partial charge in [-0.05, 0) is 31.2 Å². The van der Waals surface area contributed by atoms with Crippen LogP contribution in [0, 0.1) is 0 Å². The summed E-state index contributed by atoms with van der Waals surface area (Å²) in [5.41, 5.74) is 1.30. The van der Waals surface area contributed by atoms with E-state index in [1.807, 2.05) is 6.07 Å². The number of nitrogens with one attached hydrogen (secondary N) is 1. The molecule has 2 heterocycles. The quantitative estimate of drug-likeness (QED) is 0.740. The molecule has 0 saturated heterocycles. The summed E-state index contributed by atoms with van der Waals surface area (Å²) < 4.78 is 5.14. The van der Waals surface area contributed by atoms with E-state index in [4.69, 9.17) is 4.74 Å². The Hall–Kier alpha value is -3.35. The molecular weight excluding hydrogens is 308 g/mol. The van der Waals surface area contributed by atoms with Crippen LogP contribution in [-0.2, 0) is 9.53 Å². The standard InChI is InChI=1S/C17H14N4O3/c1-11(16(22)21-15-8-4-5-9-18-15)24-17(23)14-10-19-12-6-2-3-7-13(12)20-14/h2-11H,1H3,(H,18,21,22). The van der Waals surface area contributed by atoms with E-state index in [0.29, 0.717) is 16.9 Å². The first-order valence-electron chi connectivity index (χ1n) is 7.28. The first kappa shape index (κ1) is 15.5. The maximum atomic E-state index is 12.1. The van der Waals surface area contributed by atoms with E-state index in [-0.39, 0.29) is 5.69 Å². The Labute approximate surface area is 137 Å². The van der Waals surface area contributed by atoms with Gasteiger partial charge in [0.1, 0.15) is 5.82 Å². The second-order valence-electron chi connectivity index (χ2n) is 5.00. The number of aromatic nitrogens is 3. The van der Waals surface area contributed by atoms with E-state index in [0.717, 1.165) is 0 Å². The predicted molar refractivity (Wildman–Crippen MR) is 87.3 cm³/mol. The van der Waals surface area contributed by atoms with Crippen molar-refractivity contribution < 1.29 is 14.3 Å². The van der Waals surface area contributed by atoms with Crippen molar-refractivity contribution in [2.45, 2.75) is 13.0 Å². The number of carbonyl (C=O) groups is 2. The lowest BCUT2D eigenvalue weighted by Gasteiger charge is -2.12. The van der Waals surface area contributed by atoms with Gasteiger partial charge < -0.3 is 10.1 Å². The fraction of sp³-hybridized carbons (Fsp3) is 0.118. The van der Waals surface area contributed by atoms with Gasteiger partial charge in [-0.15, -0.1) is 0 Å². The monoisotopic (exact) mass is 322 g/mol. The van der Waals surface area contributed by atoms with Crippen LogP contribution in [0.2, 0.25) is 0 Å². The van der Waals surface area contributed by atoms with Crippen molar-refractivity contribution in [1.82, 2.24) is 15.0 Å². The lowest BCUT2D eigenvalue weighted by molar-refractivity contribution is -0.123. The van der Waals surface area contributed by atoms with Gasteiger partial charge in [-0.25, -0.2) is 14.8 Å². The molecule has 0 fully saturated rings. The topological polar surface area (TPSA) is 94.1 Å². The lowest BCUT2D eigenvalue weighted by Crippen LogP contribution is -2.30. The van der Waals surface area contributed by atoms with Crippen LogP contribution in [0.15, 0.2) is 54.9 Å². The molecular formula is C17H14N4O3. The van der Waals surface area contributed by atoms with Crippen LogP contribution in [0.5, 0.6) is 0 Å². The van der Waals surface area contributed by atoms with Gasteiger partial charge in [0.15, 0.2) is 11.8 Å². The van der Waals surface area contributed by atoms with E-state index in [1.54, 1.807) is 42.6 Å². The highest BCUT2D eigenvalue weighted by molar-refractivity contribution is 5.96. The molecule has 1 atom stereocenters. The summed E-state index contributed by atoms with van der Waals surface area (Å²) in [4.78, 5) is 36.5. The minimum atomic E-state index is -0.993. The summed E-state index contributed by atoms with van der Waals surface area (Å²) >= 11 is 0. The smallest absolute Gasteiger partial charge is 0.359 e. The zero-order valence-corrected chi connectivity index (χ0v) is 12.8. The Kier molecular flexibility index (Phi) is 4.42. The second kappa shape index (κ2) is 6.82. The van der Waals surface area contributed by atoms with Crippen LogP contribution in [0.1, 0.15) is 17.4 Å². The maximum absolute atomic E-state index is 12.1. The number of anilines is 1. The molecule has 1 unspecified atom stereocenters. The molecule has 120 valence electrons. The Bertz CT molecular complexity index is 883. The second-order valence-corrected chi connectivity index (χ2v) is 5.00. The van der Waals surface area contributed by atoms with Crippen LogP contribution in [0.4, 0.5) is 5.82 Å². The van der Waals surface area contributed by atoms with Crippen molar-refractivity contribution in [3.05, 3.63) is 60.6 Å². The van der Waals surface area contributed by atoms with E-state index < -0.39 is 18.0 Å². The number of fused-ring (bicyclic) bond motifs is 1. The average Bonchev–Trinajstić information content (AvgIpc) is 2.62. The van der Waals surface area contributed by atoms with E-state index in [9.17, 15) is 9.59 Å². The number of hydrogen-bond donors (Lipinski definition) is 1. The molecule has 0 aliphatic rings. The summed E-state index contributed by atoms with van der Waals surface area (Å²) in [7, 11) is 0. The fourth-order valence-electron chi connectivity index (χ4n) is 1.99. The Morgan fingerprint density at radius 2 is 1.79 bits per heavy atom. The number of nitrogens with zero attached hydrogens (tertiary/aromatic N) is 3. The van der Waals surface area contributed by atoms with Gasteiger partial charge >= 0.3 is 5.97 Å². The Morgan fingerprint density at radius 1 is 1.04 bits per heavy atom. The summed E-state index contributed by atoms with van der Waals surface area (Å²) in [5.74, 6) is -0.802. The molecule has 0 saturated carbocycles. The van der Waals surface area contributed by atoms with Crippen LogP contribution in [0.25, 0.3) is 11.0 Å². The number of esters is 1. The predicted octanol–water partition coefficient (Wildman–Crippen LogP) is 2.21. The van der Waals surface area contributed by atoms with E-state index in [1.165, 1.54) is 13.1 Å². The number of ether oxygens (including phenoxy) is 1. The van der Waals surface area contributed by atoms with Crippen molar-refractivity contribution in [3.63, 3.8) is 0 Å². The summed E-state index contributed by atoms with van der Waals surface area (Å²) in [6.45, 7) is 1.48. The maximum Gasteiger partial charge on any atom is 0.359 e. The summed E-state index contributed by atoms with van der Waals surface area (Å²) in [6, 6.07) is 12.3. The van der Waals surface area contributed by atoms with Crippen molar-refractivity contribution in [2.24, 2.45) is 0 Å². The van der Waals surface area contributed by atoms with Gasteiger partial charge in [-0.1, -0.05) is 18.2 Å². The Balaban J connectivity index is 1.67. The third-order valence-corrected chi connectivity index (χ3v) is 3.23. The molecule has 0 aliphatic heterocycles. The molecule has 1 amide bonds. The molecule has 2 aromatic heterocycles. The molecule has 3 rings (SSSR count). The number of carbonyl (C=O) groups excluding carboxylic acids is 2. The molecule has 0 spiro atoms. The van der Waals surface area contributed by atoms with Crippen LogP contribution < -0.4 is 5.32 Å².